The first-order valence-electron chi connectivity index (χ1n) is 8.22. The first-order valence-corrected chi connectivity index (χ1v) is 8.22. The highest BCUT2D eigenvalue weighted by Crippen LogP contribution is 2.49. The Bertz CT molecular complexity index is 531. The number of carbonyl (C=O) groups is 1. The lowest BCUT2D eigenvalue weighted by Gasteiger charge is -2.28. The Morgan fingerprint density at radius 2 is 2.14 bits per heavy atom. The lowest BCUT2D eigenvalue weighted by Crippen LogP contribution is -2.42. The van der Waals surface area contributed by atoms with Crippen molar-refractivity contribution in [2.75, 3.05) is 13.7 Å². The van der Waals surface area contributed by atoms with Crippen molar-refractivity contribution < 1.29 is 14.3 Å². The van der Waals surface area contributed by atoms with Gasteiger partial charge >= 0.3 is 0 Å². The van der Waals surface area contributed by atoms with E-state index in [0.717, 1.165) is 17.6 Å². The normalized spacial score (nSPS) is 27.5. The van der Waals surface area contributed by atoms with Crippen LogP contribution in [0.1, 0.15) is 32.6 Å². The van der Waals surface area contributed by atoms with E-state index in [2.05, 4.69) is 12.2 Å². The smallest absolute Gasteiger partial charge is 0.258 e. The largest absolute Gasteiger partial charge is 0.497 e. The number of amides is 1. The van der Waals surface area contributed by atoms with Crippen LogP contribution in [0.2, 0.25) is 0 Å². The Kier molecular flexibility index (Phi) is 4.55. The van der Waals surface area contributed by atoms with Crippen LogP contribution >= 0.6 is 0 Å². The highest BCUT2D eigenvalue weighted by Gasteiger charge is 2.42. The van der Waals surface area contributed by atoms with Gasteiger partial charge in [0.05, 0.1) is 7.11 Å². The van der Waals surface area contributed by atoms with Gasteiger partial charge in [-0.2, -0.15) is 0 Å². The minimum atomic E-state index is -0.0434. The average Bonchev–Trinajstić information content (AvgIpc) is 3.16. The second kappa shape index (κ2) is 6.59. The molecule has 0 heterocycles. The number of nitrogens with one attached hydrogen (secondary N) is 1. The summed E-state index contributed by atoms with van der Waals surface area (Å²) in [5.41, 5.74) is 0. The van der Waals surface area contributed by atoms with Crippen molar-refractivity contribution >= 4 is 5.91 Å². The number of benzene rings is 1. The van der Waals surface area contributed by atoms with E-state index in [1.54, 1.807) is 13.2 Å². The summed E-state index contributed by atoms with van der Waals surface area (Å²) in [4.78, 5) is 12.1. The van der Waals surface area contributed by atoms with Gasteiger partial charge in [0.25, 0.3) is 5.91 Å². The Hall–Kier alpha value is -1.71. The first kappa shape index (κ1) is 15.2. The topological polar surface area (TPSA) is 47.6 Å². The summed E-state index contributed by atoms with van der Waals surface area (Å²) in [7, 11) is 1.61. The van der Waals surface area contributed by atoms with Gasteiger partial charge in [0.15, 0.2) is 6.61 Å². The van der Waals surface area contributed by atoms with Gasteiger partial charge in [-0.1, -0.05) is 12.5 Å². The SMILES string of the molecule is COc1cccc(OCC(=O)NC(C)C2CC3CCC2C3)c1. The van der Waals surface area contributed by atoms with Crippen molar-refractivity contribution in [3.8, 4) is 11.5 Å². The second-order valence-electron chi connectivity index (χ2n) is 6.66. The molecule has 1 amide bonds. The van der Waals surface area contributed by atoms with Crippen molar-refractivity contribution in [1.29, 1.82) is 0 Å². The van der Waals surface area contributed by atoms with Gasteiger partial charge in [-0.25, -0.2) is 0 Å². The van der Waals surface area contributed by atoms with Crippen LogP contribution in [-0.2, 0) is 4.79 Å². The van der Waals surface area contributed by atoms with Crippen LogP contribution in [-0.4, -0.2) is 25.7 Å². The van der Waals surface area contributed by atoms with Gasteiger partial charge in [0.2, 0.25) is 0 Å². The molecule has 0 saturated heterocycles. The molecule has 120 valence electrons. The zero-order valence-electron chi connectivity index (χ0n) is 13.4. The van der Waals surface area contributed by atoms with Crippen molar-refractivity contribution in [3.63, 3.8) is 0 Å². The zero-order chi connectivity index (χ0) is 15.5. The number of fused-ring (bicyclic) bond motifs is 2. The molecule has 1 N–H and O–H groups in total. The number of methoxy groups -OCH3 is 1. The molecule has 1 aromatic rings. The van der Waals surface area contributed by atoms with E-state index in [4.69, 9.17) is 9.47 Å². The van der Waals surface area contributed by atoms with E-state index < -0.39 is 0 Å². The Labute approximate surface area is 132 Å². The summed E-state index contributed by atoms with van der Waals surface area (Å²) in [5.74, 6) is 3.72. The van der Waals surface area contributed by atoms with E-state index >= 15 is 0 Å². The fourth-order valence-electron chi connectivity index (χ4n) is 4.15. The predicted molar refractivity (Wildman–Crippen MR) is 85.0 cm³/mol. The summed E-state index contributed by atoms with van der Waals surface area (Å²) in [6, 6.07) is 7.56. The summed E-state index contributed by atoms with van der Waals surface area (Å²) in [6.07, 6.45) is 5.38. The van der Waals surface area contributed by atoms with Gasteiger partial charge in [-0.05, 0) is 56.1 Å². The fourth-order valence-corrected chi connectivity index (χ4v) is 4.15. The molecule has 4 nitrogen and oxygen atoms in total. The van der Waals surface area contributed by atoms with Gasteiger partial charge < -0.3 is 14.8 Å². The molecule has 2 saturated carbocycles. The molecule has 0 spiro atoms. The van der Waals surface area contributed by atoms with Gasteiger partial charge in [0, 0.05) is 12.1 Å². The molecule has 1 aromatic carbocycles. The molecule has 2 aliphatic rings. The second-order valence-corrected chi connectivity index (χ2v) is 6.66. The summed E-state index contributed by atoms with van der Waals surface area (Å²) >= 11 is 0. The molecule has 0 radical (unpaired) electrons. The Morgan fingerprint density at radius 3 is 2.82 bits per heavy atom. The maximum Gasteiger partial charge on any atom is 0.258 e. The minimum absolute atomic E-state index is 0.0434. The first-order chi connectivity index (χ1) is 10.7. The highest BCUT2D eigenvalue weighted by atomic mass is 16.5. The highest BCUT2D eigenvalue weighted by molar-refractivity contribution is 5.77. The predicted octanol–water partition coefficient (Wildman–Crippen LogP) is 3.01. The van der Waals surface area contributed by atoms with Crippen LogP contribution in [0.25, 0.3) is 0 Å². The Balaban J connectivity index is 1.46. The number of carbonyl (C=O) groups excluding carboxylic acids is 1. The van der Waals surface area contributed by atoms with Crippen LogP contribution in [0, 0.1) is 17.8 Å². The lowest BCUT2D eigenvalue weighted by molar-refractivity contribution is -0.124. The summed E-state index contributed by atoms with van der Waals surface area (Å²) in [5, 5.41) is 3.11. The van der Waals surface area contributed by atoms with Crippen LogP contribution in [0.4, 0.5) is 0 Å². The standard InChI is InChI=1S/C18H25NO3/c1-12(17-9-13-6-7-14(17)8-13)19-18(20)11-22-16-5-3-4-15(10-16)21-2/h3-5,10,12-14,17H,6-9,11H2,1-2H3,(H,19,20). The van der Waals surface area contributed by atoms with Gasteiger partial charge in [-0.15, -0.1) is 0 Å². The monoisotopic (exact) mass is 303 g/mol. The van der Waals surface area contributed by atoms with Crippen LogP contribution in [0.3, 0.4) is 0 Å². The van der Waals surface area contributed by atoms with Crippen molar-refractivity contribution in [1.82, 2.24) is 5.32 Å². The van der Waals surface area contributed by atoms with Crippen LogP contribution in [0.5, 0.6) is 11.5 Å². The maximum atomic E-state index is 12.1. The molecule has 0 aromatic heterocycles. The average molecular weight is 303 g/mol. The Morgan fingerprint density at radius 1 is 1.32 bits per heavy atom. The molecule has 3 rings (SSSR count). The van der Waals surface area contributed by atoms with Crippen molar-refractivity contribution in [2.24, 2.45) is 17.8 Å². The summed E-state index contributed by atoms with van der Waals surface area (Å²) in [6.45, 7) is 2.19. The van der Waals surface area contributed by atoms with E-state index in [1.165, 1.54) is 25.7 Å². The van der Waals surface area contributed by atoms with Crippen LogP contribution < -0.4 is 14.8 Å². The molecule has 2 bridgehead atoms. The van der Waals surface area contributed by atoms with Crippen molar-refractivity contribution in [2.45, 2.75) is 38.6 Å². The third kappa shape index (κ3) is 3.37. The number of hydrogen-bond acceptors (Lipinski definition) is 3. The van der Waals surface area contributed by atoms with E-state index in [1.807, 2.05) is 18.2 Å². The quantitative estimate of drug-likeness (QED) is 0.879. The zero-order valence-corrected chi connectivity index (χ0v) is 13.4. The summed E-state index contributed by atoms with van der Waals surface area (Å²) < 4.78 is 10.7. The number of rotatable bonds is 6. The van der Waals surface area contributed by atoms with Crippen molar-refractivity contribution in [3.05, 3.63) is 24.3 Å². The molecule has 2 aliphatic carbocycles. The van der Waals surface area contributed by atoms with Crippen LogP contribution in [0.15, 0.2) is 24.3 Å². The third-order valence-electron chi connectivity index (χ3n) is 5.23. The van der Waals surface area contributed by atoms with E-state index in [-0.39, 0.29) is 18.6 Å². The molecule has 4 heteroatoms. The maximum absolute atomic E-state index is 12.1. The lowest BCUT2D eigenvalue weighted by atomic mass is 9.84. The van der Waals surface area contributed by atoms with Gasteiger partial charge in [-0.3, -0.25) is 4.79 Å². The molecule has 0 aliphatic heterocycles. The molecule has 2 fully saturated rings. The molecular formula is C18H25NO3. The molecule has 22 heavy (non-hydrogen) atoms. The molecule has 4 atom stereocenters. The van der Waals surface area contributed by atoms with E-state index in [0.29, 0.717) is 11.7 Å². The molecule has 4 unspecified atom stereocenters. The van der Waals surface area contributed by atoms with Gasteiger partial charge in [0.1, 0.15) is 11.5 Å². The molecular weight excluding hydrogens is 278 g/mol. The third-order valence-corrected chi connectivity index (χ3v) is 5.23. The minimum Gasteiger partial charge on any atom is -0.497 e. The number of ether oxygens (including phenoxy) is 2. The number of hydrogen-bond donors (Lipinski definition) is 1. The fraction of sp³-hybridized carbons (Fsp3) is 0.611. The van der Waals surface area contributed by atoms with E-state index in [9.17, 15) is 4.79 Å².